The van der Waals surface area contributed by atoms with Crippen molar-refractivity contribution in [3.63, 3.8) is 0 Å². The quantitative estimate of drug-likeness (QED) is 0.404. The summed E-state index contributed by atoms with van der Waals surface area (Å²) in [5, 5.41) is 3.45. The number of pyridine rings is 1. The van der Waals surface area contributed by atoms with E-state index in [1.165, 1.54) is 17.5 Å². The molecule has 1 unspecified atom stereocenters. The fourth-order valence-corrected chi connectivity index (χ4v) is 3.35. The van der Waals surface area contributed by atoms with E-state index in [-0.39, 0.29) is 24.0 Å². The molecule has 2 heterocycles. The molecule has 0 amide bonds. The normalized spacial score (nSPS) is 16.8. The van der Waals surface area contributed by atoms with E-state index >= 15 is 0 Å². The van der Waals surface area contributed by atoms with Crippen LogP contribution in [0, 0.1) is 0 Å². The number of hydrogen-bond acceptors (Lipinski definition) is 3. The highest BCUT2D eigenvalue weighted by molar-refractivity contribution is 14.0. The van der Waals surface area contributed by atoms with Crippen molar-refractivity contribution in [2.75, 3.05) is 38.6 Å². The van der Waals surface area contributed by atoms with Gasteiger partial charge in [-0.1, -0.05) is 30.3 Å². The number of rotatable bonds is 5. The lowest BCUT2D eigenvalue weighted by Crippen LogP contribution is -2.40. The molecule has 0 spiro atoms. The molecule has 0 aliphatic carbocycles. The second-order valence-electron chi connectivity index (χ2n) is 6.93. The first kappa shape index (κ1) is 21.5. The molecule has 146 valence electrons. The number of nitrogens with zero attached hydrogens (tertiary/aromatic N) is 4. The fourth-order valence-electron chi connectivity index (χ4n) is 3.35. The lowest BCUT2D eigenvalue weighted by Gasteiger charge is -2.22. The Balaban J connectivity index is 0.00000261. The first-order chi connectivity index (χ1) is 12.7. The van der Waals surface area contributed by atoms with Crippen molar-refractivity contribution >= 4 is 35.8 Å². The number of anilines is 1. The summed E-state index contributed by atoms with van der Waals surface area (Å²) in [6, 6.07) is 14.9. The second kappa shape index (κ2) is 10.5. The van der Waals surface area contributed by atoms with Gasteiger partial charge in [0.2, 0.25) is 0 Å². The molecule has 1 N–H and O–H groups in total. The third-order valence-electron chi connectivity index (χ3n) is 4.77. The summed E-state index contributed by atoms with van der Waals surface area (Å²) in [5.74, 6) is 2.56. The molecule has 2 aromatic rings. The molecule has 5 nitrogen and oxygen atoms in total. The maximum atomic E-state index is 4.88. The molecule has 6 heteroatoms. The average molecular weight is 479 g/mol. The summed E-state index contributed by atoms with van der Waals surface area (Å²) >= 11 is 0. The zero-order valence-electron chi connectivity index (χ0n) is 16.4. The standard InChI is InChI=1S/C21H29N5.HI/c1-4-22-21(24-15-17-10-12-23-20(14-17)25(2)3)26-13-11-19(16-26)18-8-6-5-7-9-18;/h5-10,12,14,19H,4,11,13,15-16H2,1-3H3,(H,22,24);1H. The fraction of sp³-hybridized carbons (Fsp3) is 0.429. The van der Waals surface area contributed by atoms with Gasteiger partial charge in [0.15, 0.2) is 5.96 Å². The minimum Gasteiger partial charge on any atom is -0.363 e. The molecule has 0 radical (unpaired) electrons. The van der Waals surface area contributed by atoms with Crippen molar-refractivity contribution in [2.45, 2.75) is 25.8 Å². The Morgan fingerprint density at radius 1 is 1.26 bits per heavy atom. The van der Waals surface area contributed by atoms with Gasteiger partial charge in [-0.25, -0.2) is 9.98 Å². The van der Waals surface area contributed by atoms with Gasteiger partial charge < -0.3 is 15.1 Å². The summed E-state index contributed by atoms with van der Waals surface area (Å²) in [6.07, 6.45) is 3.03. The van der Waals surface area contributed by atoms with Gasteiger partial charge in [0, 0.05) is 45.8 Å². The van der Waals surface area contributed by atoms with Crippen LogP contribution in [0.15, 0.2) is 53.7 Å². The minimum atomic E-state index is 0. The topological polar surface area (TPSA) is 43.8 Å². The highest BCUT2D eigenvalue weighted by Gasteiger charge is 2.25. The van der Waals surface area contributed by atoms with Gasteiger partial charge in [0.25, 0.3) is 0 Å². The Bertz CT molecular complexity index is 732. The number of halogens is 1. The summed E-state index contributed by atoms with van der Waals surface area (Å²) in [5.41, 5.74) is 2.61. The molecule has 1 atom stereocenters. The summed E-state index contributed by atoms with van der Waals surface area (Å²) in [6.45, 7) is 5.74. The smallest absolute Gasteiger partial charge is 0.194 e. The van der Waals surface area contributed by atoms with E-state index < -0.39 is 0 Å². The van der Waals surface area contributed by atoms with Crippen molar-refractivity contribution in [1.82, 2.24) is 15.2 Å². The highest BCUT2D eigenvalue weighted by atomic mass is 127. The predicted octanol–water partition coefficient (Wildman–Crippen LogP) is 3.72. The van der Waals surface area contributed by atoms with E-state index in [9.17, 15) is 0 Å². The Morgan fingerprint density at radius 2 is 2.04 bits per heavy atom. The van der Waals surface area contributed by atoms with Crippen molar-refractivity contribution < 1.29 is 0 Å². The summed E-state index contributed by atoms with van der Waals surface area (Å²) in [7, 11) is 4.01. The molecule has 1 fully saturated rings. The highest BCUT2D eigenvalue weighted by Crippen LogP contribution is 2.27. The molecule has 1 aliphatic rings. The molecule has 1 aromatic heterocycles. The van der Waals surface area contributed by atoms with Crippen LogP contribution in [0.1, 0.15) is 30.4 Å². The summed E-state index contributed by atoms with van der Waals surface area (Å²) in [4.78, 5) is 13.7. The van der Waals surface area contributed by atoms with Gasteiger partial charge in [0.1, 0.15) is 5.82 Å². The lowest BCUT2D eigenvalue weighted by atomic mass is 9.99. The van der Waals surface area contributed by atoms with Crippen LogP contribution in [0.5, 0.6) is 0 Å². The molecular weight excluding hydrogens is 449 g/mol. The van der Waals surface area contributed by atoms with E-state index in [0.29, 0.717) is 12.5 Å². The summed E-state index contributed by atoms with van der Waals surface area (Å²) < 4.78 is 0. The monoisotopic (exact) mass is 479 g/mol. The van der Waals surface area contributed by atoms with Gasteiger partial charge in [-0.05, 0) is 36.6 Å². The van der Waals surface area contributed by atoms with Crippen LogP contribution in [-0.4, -0.2) is 49.6 Å². The first-order valence-corrected chi connectivity index (χ1v) is 9.38. The first-order valence-electron chi connectivity index (χ1n) is 9.38. The zero-order valence-corrected chi connectivity index (χ0v) is 18.8. The molecule has 1 aromatic carbocycles. The number of hydrogen-bond donors (Lipinski definition) is 1. The Hall–Kier alpha value is -1.83. The molecule has 27 heavy (non-hydrogen) atoms. The molecule has 1 saturated heterocycles. The van der Waals surface area contributed by atoms with E-state index in [0.717, 1.165) is 31.4 Å². The molecule has 0 saturated carbocycles. The minimum absolute atomic E-state index is 0. The van der Waals surface area contributed by atoms with Crippen molar-refractivity contribution in [2.24, 2.45) is 4.99 Å². The third-order valence-corrected chi connectivity index (χ3v) is 4.77. The van der Waals surface area contributed by atoms with Crippen LogP contribution in [0.25, 0.3) is 0 Å². The van der Waals surface area contributed by atoms with Crippen LogP contribution >= 0.6 is 24.0 Å². The number of aromatic nitrogens is 1. The molecular formula is C21H30IN5. The van der Waals surface area contributed by atoms with Gasteiger partial charge >= 0.3 is 0 Å². The number of aliphatic imine (C=N–C) groups is 1. The number of likely N-dealkylation sites (tertiary alicyclic amines) is 1. The van der Waals surface area contributed by atoms with Gasteiger partial charge in [-0.2, -0.15) is 0 Å². The van der Waals surface area contributed by atoms with Crippen LogP contribution < -0.4 is 10.2 Å². The van der Waals surface area contributed by atoms with E-state index in [4.69, 9.17) is 4.99 Å². The van der Waals surface area contributed by atoms with Crippen LogP contribution in [0.3, 0.4) is 0 Å². The maximum absolute atomic E-state index is 4.88. The Labute approximate surface area is 179 Å². The van der Waals surface area contributed by atoms with Gasteiger partial charge in [0.05, 0.1) is 6.54 Å². The lowest BCUT2D eigenvalue weighted by molar-refractivity contribution is 0.486. The van der Waals surface area contributed by atoms with Crippen LogP contribution in [0.4, 0.5) is 5.82 Å². The molecule has 1 aliphatic heterocycles. The molecule has 3 rings (SSSR count). The zero-order chi connectivity index (χ0) is 18.4. The van der Waals surface area contributed by atoms with Crippen molar-refractivity contribution in [3.05, 3.63) is 59.8 Å². The van der Waals surface area contributed by atoms with E-state index in [1.807, 2.05) is 31.3 Å². The number of nitrogens with one attached hydrogen (secondary N) is 1. The van der Waals surface area contributed by atoms with Crippen molar-refractivity contribution in [1.29, 1.82) is 0 Å². The van der Waals surface area contributed by atoms with E-state index in [2.05, 4.69) is 58.5 Å². The van der Waals surface area contributed by atoms with Gasteiger partial charge in [-0.15, -0.1) is 24.0 Å². The second-order valence-corrected chi connectivity index (χ2v) is 6.93. The Kier molecular flexibility index (Phi) is 8.34. The number of guanidine groups is 1. The third kappa shape index (κ3) is 5.82. The largest absolute Gasteiger partial charge is 0.363 e. The SMILES string of the molecule is CCNC(=NCc1ccnc(N(C)C)c1)N1CCC(c2ccccc2)C1.I. The van der Waals surface area contributed by atoms with Crippen LogP contribution in [0.2, 0.25) is 0 Å². The van der Waals surface area contributed by atoms with Crippen molar-refractivity contribution in [3.8, 4) is 0 Å². The molecule has 0 bridgehead atoms. The maximum Gasteiger partial charge on any atom is 0.194 e. The van der Waals surface area contributed by atoms with E-state index in [1.54, 1.807) is 0 Å². The van der Waals surface area contributed by atoms with Crippen LogP contribution in [-0.2, 0) is 6.54 Å². The Morgan fingerprint density at radius 3 is 2.74 bits per heavy atom. The predicted molar refractivity (Wildman–Crippen MR) is 124 cm³/mol. The average Bonchev–Trinajstić information content (AvgIpc) is 3.16. The number of benzene rings is 1. The van der Waals surface area contributed by atoms with Gasteiger partial charge in [-0.3, -0.25) is 0 Å².